The molecule has 0 saturated heterocycles. The highest BCUT2D eigenvalue weighted by atomic mass is 16.5. The summed E-state index contributed by atoms with van der Waals surface area (Å²) in [5.74, 6) is 1.24. The quantitative estimate of drug-likeness (QED) is 0.162. The molecule has 1 aromatic heterocycles. The van der Waals surface area contributed by atoms with Gasteiger partial charge in [-0.1, -0.05) is 70.9 Å². The standard InChI is InChI=1S/C26H38O5/c1-4-6-8-10-11-12-13-15-19-30-24-22-17-16-21(29-18-14-9-7-5-2)20-23(22)31-26(27)25(24)28-3/h7,9,16-17,20H,4-6,8,10-15,18-19H2,1-3H3. The minimum absolute atomic E-state index is 0.116. The van der Waals surface area contributed by atoms with Crippen molar-refractivity contribution in [3.05, 3.63) is 40.8 Å². The van der Waals surface area contributed by atoms with Gasteiger partial charge in [-0.2, -0.15) is 0 Å². The zero-order valence-electron chi connectivity index (χ0n) is 19.4. The molecule has 2 aromatic rings. The van der Waals surface area contributed by atoms with Crippen molar-refractivity contribution >= 4 is 11.0 Å². The summed E-state index contributed by atoms with van der Waals surface area (Å²) < 4.78 is 22.5. The normalized spacial score (nSPS) is 11.3. The maximum absolute atomic E-state index is 12.4. The molecule has 0 N–H and O–H groups in total. The average molecular weight is 431 g/mol. The Hall–Kier alpha value is -2.43. The van der Waals surface area contributed by atoms with Gasteiger partial charge in [-0.3, -0.25) is 0 Å². The van der Waals surface area contributed by atoms with Crippen LogP contribution in [0.5, 0.6) is 17.2 Å². The highest BCUT2D eigenvalue weighted by Gasteiger charge is 2.17. The van der Waals surface area contributed by atoms with Crippen LogP contribution in [0.1, 0.15) is 78.1 Å². The van der Waals surface area contributed by atoms with Crippen LogP contribution >= 0.6 is 0 Å². The fourth-order valence-electron chi connectivity index (χ4n) is 3.48. The van der Waals surface area contributed by atoms with E-state index in [-0.39, 0.29) is 5.75 Å². The van der Waals surface area contributed by atoms with Gasteiger partial charge in [0.1, 0.15) is 11.3 Å². The van der Waals surface area contributed by atoms with Gasteiger partial charge in [-0.05, 0) is 31.4 Å². The number of methoxy groups -OCH3 is 1. The Labute approximate surface area is 186 Å². The second-order valence-electron chi connectivity index (χ2n) is 7.75. The summed E-state index contributed by atoms with van der Waals surface area (Å²) in [6, 6.07) is 5.47. The Morgan fingerprint density at radius 2 is 1.61 bits per heavy atom. The molecule has 0 bridgehead atoms. The average Bonchev–Trinajstić information content (AvgIpc) is 2.77. The molecule has 5 heteroatoms. The molecule has 0 saturated carbocycles. The fraction of sp³-hybridized carbons (Fsp3) is 0.577. The van der Waals surface area contributed by atoms with Crippen molar-refractivity contribution in [2.45, 2.75) is 78.1 Å². The summed E-state index contributed by atoms with van der Waals surface area (Å²) in [7, 11) is 1.46. The molecule has 0 atom stereocenters. The maximum Gasteiger partial charge on any atom is 0.383 e. The molecule has 0 aliphatic heterocycles. The van der Waals surface area contributed by atoms with E-state index in [9.17, 15) is 4.79 Å². The van der Waals surface area contributed by atoms with Crippen LogP contribution < -0.4 is 19.8 Å². The van der Waals surface area contributed by atoms with Gasteiger partial charge in [0, 0.05) is 6.07 Å². The predicted molar refractivity (Wildman–Crippen MR) is 127 cm³/mol. The van der Waals surface area contributed by atoms with Crippen molar-refractivity contribution in [2.75, 3.05) is 20.3 Å². The van der Waals surface area contributed by atoms with Crippen LogP contribution in [0.4, 0.5) is 0 Å². The summed E-state index contributed by atoms with van der Waals surface area (Å²) in [6.45, 7) is 5.46. The van der Waals surface area contributed by atoms with Crippen LogP contribution in [0.15, 0.2) is 39.6 Å². The Balaban J connectivity index is 1.96. The highest BCUT2D eigenvalue weighted by Crippen LogP contribution is 2.34. The van der Waals surface area contributed by atoms with Crippen molar-refractivity contribution < 1.29 is 18.6 Å². The van der Waals surface area contributed by atoms with E-state index in [1.165, 1.54) is 45.6 Å². The number of rotatable bonds is 16. The molecular weight excluding hydrogens is 392 g/mol. The Kier molecular flexibility index (Phi) is 11.7. The van der Waals surface area contributed by atoms with E-state index in [1.54, 1.807) is 6.07 Å². The van der Waals surface area contributed by atoms with Crippen LogP contribution in [0.3, 0.4) is 0 Å². The smallest absolute Gasteiger partial charge is 0.383 e. The summed E-state index contributed by atoms with van der Waals surface area (Å²) in [6.07, 6.45) is 15.9. The second kappa shape index (κ2) is 14.6. The third-order valence-corrected chi connectivity index (χ3v) is 5.20. The zero-order chi connectivity index (χ0) is 22.3. The predicted octanol–water partition coefficient (Wildman–Crippen LogP) is 7.06. The molecular formula is C26H38O5. The first-order valence-electron chi connectivity index (χ1n) is 11.8. The van der Waals surface area contributed by atoms with Crippen LogP contribution in [0.2, 0.25) is 0 Å². The van der Waals surface area contributed by atoms with Gasteiger partial charge in [0.2, 0.25) is 5.75 Å². The summed E-state index contributed by atoms with van der Waals surface area (Å²) in [5, 5.41) is 0.717. The molecule has 0 unspecified atom stereocenters. The number of hydrogen-bond acceptors (Lipinski definition) is 5. The first-order valence-corrected chi connectivity index (χ1v) is 11.8. The lowest BCUT2D eigenvalue weighted by Crippen LogP contribution is -2.09. The highest BCUT2D eigenvalue weighted by molar-refractivity contribution is 5.86. The molecule has 0 radical (unpaired) electrons. The summed E-state index contributed by atoms with van der Waals surface area (Å²) in [5.41, 5.74) is -0.0951. The number of unbranched alkanes of at least 4 members (excludes halogenated alkanes) is 7. The first kappa shape index (κ1) is 24.8. The van der Waals surface area contributed by atoms with E-state index >= 15 is 0 Å². The molecule has 2 rings (SSSR count). The monoisotopic (exact) mass is 430 g/mol. The van der Waals surface area contributed by atoms with Crippen molar-refractivity contribution in [3.8, 4) is 17.2 Å². The van der Waals surface area contributed by atoms with Gasteiger partial charge in [0.15, 0.2) is 5.75 Å². The van der Waals surface area contributed by atoms with E-state index in [2.05, 4.69) is 26.0 Å². The third-order valence-electron chi connectivity index (χ3n) is 5.20. The van der Waals surface area contributed by atoms with Gasteiger partial charge < -0.3 is 18.6 Å². The lowest BCUT2D eigenvalue weighted by atomic mass is 10.1. The summed E-state index contributed by atoms with van der Waals surface area (Å²) in [4.78, 5) is 12.4. The topological polar surface area (TPSA) is 57.9 Å². The van der Waals surface area contributed by atoms with Gasteiger partial charge in [0.05, 0.1) is 25.7 Å². The number of fused-ring (bicyclic) bond motifs is 1. The van der Waals surface area contributed by atoms with Gasteiger partial charge in [-0.15, -0.1) is 0 Å². The van der Waals surface area contributed by atoms with E-state index in [0.29, 0.717) is 35.7 Å². The fourth-order valence-corrected chi connectivity index (χ4v) is 3.48. The maximum atomic E-state index is 12.4. The van der Waals surface area contributed by atoms with Crippen molar-refractivity contribution in [1.82, 2.24) is 0 Å². The molecule has 1 aromatic carbocycles. The van der Waals surface area contributed by atoms with Crippen LogP contribution in [0.25, 0.3) is 11.0 Å². The van der Waals surface area contributed by atoms with Crippen LogP contribution in [0, 0.1) is 0 Å². The largest absolute Gasteiger partial charge is 0.493 e. The number of benzene rings is 1. The Morgan fingerprint density at radius 1 is 0.871 bits per heavy atom. The van der Waals surface area contributed by atoms with E-state index in [4.69, 9.17) is 18.6 Å². The summed E-state index contributed by atoms with van der Waals surface area (Å²) >= 11 is 0. The SMILES string of the molecule is CCC=CCCOc1ccc2c(OCCCCCCCCCC)c(OC)c(=O)oc2c1. The van der Waals surface area contributed by atoms with Gasteiger partial charge in [0.25, 0.3) is 0 Å². The number of allylic oxidation sites excluding steroid dienone is 1. The van der Waals surface area contributed by atoms with Crippen LogP contribution in [-0.4, -0.2) is 20.3 Å². The number of hydrogen-bond donors (Lipinski definition) is 0. The Bertz CT molecular complexity index is 853. The lowest BCUT2D eigenvalue weighted by molar-refractivity contribution is 0.280. The lowest BCUT2D eigenvalue weighted by Gasteiger charge is -2.13. The van der Waals surface area contributed by atoms with Gasteiger partial charge in [-0.25, -0.2) is 4.79 Å². The molecule has 5 nitrogen and oxygen atoms in total. The van der Waals surface area contributed by atoms with Gasteiger partial charge >= 0.3 is 5.63 Å². The van der Waals surface area contributed by atoms with E-state index in [0.717, 1.165) is 25.7 Å². The van der Waals surface area contributed by atoms with Crippen LogP contribution in [-0.2, 0) is 0 Å². The molecule has 0 spiro atoms. The zero-order valence-corrected chi connectivity index (χ0v) is 19.4. The van der Waals surface area contributed by atoms with Crippen molar-refractivity contribution in [1.29, 1.82) is 0 Å². The Morgan fingerprint density at radius 3 is 2.32 bits per heavy atom. The minimum atomic E-state index is -0.538. The molecule has 0 fully saturated rings. The molecule has 31 heavy (non-hydrogen) atoms. The molecule has 0 aliphatic carbocycles. The molecule has 172 valence electrons. The molecule has 0 aliphatic rings. The first-order chi connectivity index (χ1) is 15.2. The molecule has 0 amide bonds. The second-order valence-corrected chi connectivity index (χ2v) is 7.75. The third kappa shape index (κ3) is 8.31. The van der Waals surface area contributed by atoms with E-state index in [1.807, 2.05) is 12.1 Å². The van der Waals surface area contributed by atoms with E-state index < -0.39 is 5.63 Å². The molecule has 1 heterocycles. The number of ether oxygens (including phenoxy) is 3. The van der Waals surface area contributed by atoms with Crippen molar-refractivity contribution in [2.24, 2.45) is 0 Å². The minimum Gasteiger partial charge on any atom is -0.493 e. The van der Waals surface area contributed by atoms with Crippen molar-refractivity contribution in [3.63, 3.8) is 0 Å².